The van der Waals surface area contributed by atoms with Gasteiger partial charge in [-0.2, -0.15) is 0 Å². The number of carbonyl (C=O) groups is 1. The van der Waals surface area contributed by atoms with E-state index in [-0.39, 0.29) is 30.6 Å². The van der Waals surface area contributed by atoms with Gasteiger partial charge in [-0.25, -0.2) is 0 Å². The molecule has 3 aromatic rings. The SMILES string of the molecule is CC(C)[C@@H]1C[C@H](c2ccccc2Cl)CO[C@H]1c1cccc(OCC(=O)NC[C@H]2COc3ccccc3O2)c1. The highest BCUT2D eigenvalue weighted by Gasteiger charge is 2.35. The van der Waals surface area contributed by atoms with Crippen LogP contribution in [0, 0.1) is 11.8 Å². The van der Waals surface area contributed by atoms with E-state index in [2.05, 4.69) is 31.3 Å². The Morgan fingerprint density at radius 2 is 1.82 bits per heavy atom. The Hall–Kier alpha value is -3.22. The van der Waals surface area contributed by atoms with E-state index in [1.165, 1.54) is 0 Å². The van der Waals surface area contributed by atoms with Crippen molar-refractivity contribution in [2.75, 3.05) is 26.4 Å². The van der Waals surface area contributed by atoms with E-state index in [4.69, 9.17) is 30.5 Å². The second-order valence-electron chi connectivity index (χ2n) is 10.3. The van der Waals surface area contributed by atoms with Crippen LogP contribution >= 0.6 is 11.6 Å². The van der Waals surface area contributed by atoms with Crippen LogP contribution in [0.25, 0.3) is 0 Å². The Bertz CT molecular complexity index is 1250. The fourth-order valence-electron chi connectivity index (χ4n) is 5.22. The van der Waals surface area contributed by atoms with E-state index in [9.17, 15) is 4.79 Å². The highest BCUT2D eigenvalue weighted by Crippen LogP contribution is 2.45. The minimum atomic E-state index is -0.247. The summed E-state index contributed by atoms with van der Waals surface area (Å²) in [5.41, 5.74) is 2.21. The van der Waals surface area contributed by atoms with Crippen molar-refractivity contribution < 1.29 is 23.7 Å². The zero-order valence-corrected chi connectivity index (χ0v) is 22.5. The molecule has 0 spiro atoms. The predicted octanol–water partition coefficient (Wildman–Crippen LogP) is 6.19. The van der Waals surface area contributed by atoms with Crippen LogP contribution in [0.2, 0.25) is 5.02 Å². The van der Waals surface area contributed by atoms with Gasteiger partial charge in [0, 0.05) is 10.9 Å². The number of hydrogen-bond donors (Lipinski definition) is 1. The molecule has 200 valence electrons. The number of para-hydroxylation sites is 2. The molecule has 0 aliphatic carbocycles. The summed E-state index contributed by atoms with van der Waals surface area (Å²) in [6.45, 7) is 5.73. The first-order chi connectivity index (χ1) is 18.5. The maximum absolute atomic E-state index is 12.5. The monoisotopic (exact) mass is 535 g/mol. The molecular weight excluding hydrogens is 502 g/mol. The minimum Gasteiger partial charge on any atom is -0.486 e. The number of halogens is 1. The van der Waals surface area contributed by atoms with Gasteiger partial charge in [-0.3, -0.25) is 4.79 Å². The van der Waals surface area contributed by atoms with Gasteiger partial charge in [-0.1, -0.05) is 67.9 Å². The number of ether oxygens (including phenoxy) is 4. The van der Waals surface area contributed by atoms with Gasteiger partial charge in [0.1, 0.15) is 18.5 Å². The summed E-state index contributed by atoms with van der Waals surface area (Å²) in [4.78, 5) is 12.5. The van der Waals surface area contributed by atoms with Crippen LogP contribution in [-0.2, 0) is 9.53 Å². The van der Waals surface area contributed by atoms with Crippen molar-refractivity contribution in [3.05, 3.63) is 88.9 Å². The molecule has 0 saturated carbocycles. The lowest BCUT2D eigenvalue weighted by molar-refractivity contribution is -0.123. The molecule has 38 heavy (non-hydrogen) atoms. The van der Waals surface area contributed by atoms with Crippen LogP contribution < -0.4 is 19.5 Å². The fraction of sp³-hybridized carbons (Fsp3) is 0.387. The molecule has 1 amide bonds. The molecule has 1 N–H and O–H groups in total. The Balaban J connectivity index is 1.15. The predicted molar refractivity (Wildman–Crippen MR) is 147 cm³/mol. The molecule has 2 heterocycles. The van der Waals surface area contributed by atoms with Crippen LogP contribution in [0.15, 0.2) is 72.8 Å². The summed E-state index contributed by atoms with van der Waals surface area (Å²) in [6, 6.07) is 23.4. The molecular formula is C31H34ClNO5. The first-order valence-corrected chi connectivity index (χ1v) is 13.6. The molecule has 2 aliphatic rings. The second kappa shape index (κ2) is 12.1. The Kier molecular flexibility index (Phi) is 8.40. The summed E-state index contributed by atoms with van der Waals surface area (Å²) in [5, 5.41) is 3.67. The summed E-state index contributed by atoms with van der Waals surface area (Å²) < 4.78 is 23.9. The van der Waals surface area contributed by atoms with Gasteiger partial charge in [-0.15, -0.1) is 0 Å². The third kappa shape index (κ3) is 6.25. The fourth-order valence-corrected chi connectivity index (χ4v) is 5.51. The van der Waals surface area contributed by atoms with Gasteiger partial charge in [0.05, 0.1) is 19.3 Å². The summed E-state index contributed by atoms with van der Waals surface area (Å²) in [7, 11) is 0. The zero-order valence-electron chi connectivity index (χ0n) is 21.8. The zero-order chi connectivity index (χ0) is 26.5. The maximum atomic E-state index is 12.5. The summed E-state index contributed by atoms with van der Waals surface area (Å²) in [6.07, 6.45) is 0.706. The van der Waals surface area contributed by atoms with Crippen molar-refractivity contribution in [2.24, 2.45) is 11.8 Å². The number of amides is 1. The van der Waals surface area contributed by atoms with E-state index in [0.717, 1.165) is 28.3 Å². The van der Waals surface area contributed by atoms with Crippen LogP contribution in [0.3, 0.4) is 0 Å². The van der Waals surface area contributed by atoms with Crippen molar-refractivity contribution in [1.82, 2.24) is 5.32 Å². The number of carbonyl (C=O) groups excluding carboxylic acids is 1. The van der Waals surface area contributed by atoms with Crippen molar-refractivity contribution in [3.8, 4) is 17.2 Å². The normalized spacial score (nSPS) is 22.6. The Morgan fingerprint density at radius 3 is 2.63 bits per heavy atom. The molecule has 6 nitrogen and oxygen atoms in total. The molecule has 7 heteroatoms. The molecule has 0 aromatic heterocycles. The molecule has 2 aliphatic heterocycles. The molecule has 3 aromatic carbocycles. The number of rotatable bonds is 8. The Labute approximate surface area is 229 Å². The standard InChI is InChI=1S/C31H34ClNO5/c1-20(2)26-15-22(25-10-3-4-11-27(25)32)17-37-31(26)21-8-7-9-23(14-21)35-19-30(34)33-16-24-18-36-28-12-5-6-13-29(28)38-24/h3-14,20,22,24,26,31H,15-19H2,1-2H3,(H,33,34)/t22-,24-,26-,31-/m0/s1. The number of benzene rings is 3. The number of fused-ring (bicyclic) bond motifs is 1. The van der Waals surface area contributed by atoms with Gasteiger partial charge in [0.25, 0.3) is 5.91 Å². The number of nitrogens with one attached hydrogen (secondary N) is 1. The molecule has 1 fully saturated rings. The van der Waals surface area contributed by atoms with Crippen LogP contribution in [-0.4, -0.2) is 38.4 Å². The van der Waals surface area contributed by atoms with Gasteiger partial charge in [0.15, 0.2) is 18.1 Å². The molecule has 1 saturated heterocycles. The topological polar surface area (TPSA) is 66.0 Å². The molecule has 0 unspecified atom stereocenters. The second-order valence-corrected chi connectivity index (χ2v) is 10.7. The van der Waals surface area contributed by atoms with Crippen molar-refractivity contribution >= 4 is 17.5 Å². The maximum Gasteiger partial charge on any atom is 0.258 e. The average molecular weight is 536 g/mol. The van der Waals surface area contributed by atoms with Crippen molar-refractivity contribution in [2.45, 2.75) is 38.4 Å². The highest BCUT2D eigenvalue weighted by molar-refractivity contribution is 6.31. The number of hydrogen-bond acceptors (Lipinski definition) is 5. The molecule has 4 atom stereocenters. The van der Waals surface area contributed by atoms with Gasteiger partial charge < -0.3 is 24.3 Å². The van der Waals surface area contributed by atoms with Gasteiger partial charge in [-0.05, 0) is 59.7 Å². The van der Waals surface area contributed by atoms with E-state index < -0.39 is 0 Å². The average Bonchev–Trinajstić information content (AvgIpc) is 2.95. The molecule has 0 radical (unpaired) electrons. The minimum absolute atomic E-state index is 0.0440. The Morgan fingerprint density at radius 1 is 1.03 bits per heavy atom. The lowest BCUT2D eigenvalue weighted by Gasteiger charge is -2.39. The van der Waals surface area contributed by atoms with E-state index in [0.29, 0.717) is 43.1 Å². The van der Waals surface area contributed by atoms with Gasteiger partial charge >= 0.3 is 0 Å². The van der Waals surface area contributed by atoms with E-state index >= 15 is 0 Å². The van der Waals surface area contributed by atoms with Crippen LogP contribution in [0.4, 0.5) is 0 Å². The quantitative estimate of drug-likeness (QED) is 0.372. The third-order valence-corrected chi connectivity index (χ3v) is 7.62. The van der Waals surface area contributed by atoms with Crippen molar-refractivity contribution in [1.29, 1.82) is 0 Å². The lowest BCUT2D eigenvalue weighted by Crippen LogP contribution is -2.42. The highest BCUT2D eigenvalue weighted by atomic mass is 35.5. The lowest BCUT2D eigenvalue weighted by atomic mass is 9.76. The van der Waals surface area contributed by atoms with Crippen LogP contribution in [0.1, 0.15) is 43.4 Å². The smallest absolute Gasteiger partial charge is 0.258 e. The summed E-state index contributed by atoms with van der Waals surface area (Å²) in [5.74, 6) is 2.86. The van der Waals surface area contributed by atoms with E-state index in [1.54, 1.807) is 0 Å². The van der Waals surface area contributed by atoms with E-state index in [1.807, 2.05) is 60.7 Å². The first kappa shape index (κ1) is 26.4. The van der Waals surface area contributed by atoms with Gasteiger partial charge in [0.2, 0.25) is 0 Å². The third-order valence-electron chi connectivity index (χ3n) is 7.27. The molecule has 5 rings (SSSR count). The molecule has 0 bridgehead atoms. The summed E-state index contributed by atoms with van der Waals surface area (Å²) >= 11 is 6.49. The van der Waals surface area contributed by atoms with Crippen molar-refractivity contribution in [3.63, 3.8) is 0 Å². The van der Waals surface area contributed by atoms with Crippen LogP contribution in [0.5, 0.6) is 17.2 Å². The first-order valence-electron chi connectivity index (χ1n) is 13.2. The largest absolute Gasteiger partial charge is 0.486 e.